The van der Waals surface area contributed by atoms with Gasteiger partial charge in [0.25, 0.3) is 26.0 Å². The second-order valence-electron chi connectivity index (χ2n) is 8.49. The molecular weight excluding hydrogens is 629 g/mol. The molecule has 5 rings (SSSR count). The molecule has 3 heterocycles. The number of nitrogens with zero attached hydrogens (tertiary/aromatic N) is 1. The van der Waals surface area contributed by atoms with E-state index in [1.807, 2.05) is 25.1 Å². The van der Waals surface area contributed by atoms with E-state index in [2.05, 4.69) is 19.7 Å². The summed E-state index contributed by atoms with van der Waals surface area (Å²) in [4.78, 5) is 29.7. The van der Waals surface area contributed by atoms with Crippen molar-refractivity contribution in [1.29, 1.82) is 0 Å². The van der Waals surface area contributed by atoms with Crippen LogP contribution in [0.15, 0.2) is 79.8 Å². The number of nitrogens with one attached hydrogen (secondary N) is 3. The van der Waals surface area contributed by atoms with Gasteiger partial charge in [0.15, 0.2) is 11.7 Å². The van der Waals surface area contributed by atoms with Crippen molar-refractivity contribution in [3.8, 4) is 0 Å². The zero-order chi connectivity index (χ0) is 29.2. The first-order valence-corrected chi connectivity index (χ1v) is 17.1. The Labute approximate surface area is 246 Å². The predicted molar refractivity (Wildman–Crippen MR) is 160 cm³/mol. The van der Waals surface area contributed by atoms with Crippen LogP contribution in [0.2, 0.25) is 0 Å². The number of rotatable bonds is 10. The third-order valence-electron chi connectivity index (χ3n) is 5.32. The monoisotopic (exact) mass is 648 g/mol. The van der Waals surface area contributed by atoms with E-state index in [-0.39, 0.29) is 25.4 Å². The summed E-state index contributed by atoms with van der Waals surface area (Å²) in [5.74, 6) is -1.61. The zero-order valence-corrected chi connectivity index (χ0v) is 25.1. The lowest BCUT2D eigenvalue weighted by atomic mass is 10.2. The van der Waals surface area contributed by atoms with Gasteiger partial charge in [-0.15, -0.1) is 22.7 Å². The number of amides is 1. The highest BCUT2D eigenvalue weighted by Gasteiger charge is 2.21. The summed E-state index contributed by atoms with van der Waals surface area (Å²) in [5.41, 5.74) is 1.39. The van der Waals surface area contributed by atoms with E-state index < -0.39 is 38.5 Å². The first-order chi connectivity index (χ1) is 19.5. The van der Waals surface area contributed by atoms with E-state index in [1.165, 1.54) is 41.7 Å². The molecule has 0 fully saturated rings. The smallest absolute Gasteiger partial charge is 0.338 e. The fourth-order valence-corrected chi connectivity index (χ4v) is 8.61. The molecule has 16 heteroatoms. The van der Waals surface area contributed by atoms with Crippen LogP contribution in [0.4, 0.5) is 16.5 Å². The number of carbonyl (C=O) groups excluding carboxylic acids is 2. The first-order valence-electron chi connectivity index (χ1n) is 11.6. The van der Waals surface area contributed by atoms with Crippen LogP contribution in [-0.2, 0) is 29.6 Å². The summed E-state index contributed by atoms with van der Waals surface area (Å²) >= 11 is 3.24. The van der Waals surface area contributed by atoms with Gasteiger partial charge in [-0.3, -0.25) is 19.6 Å². The number of anilines is 3. The summed E-state index contributed by atoms with van der Waals surface area (Å²) in [7, 11) is -8.04. The molecule has 41 heavy (non-hydrogen) atoms. The molecule has 0 saturated carbocycles. The number of sulfonamides is 2. The highest BCUT2D eigenvalue weighted by molar-refractivity contribution is 7.95. The van der Waals surface area contributed by atoms with Crippen LogP contribution in [0.5, 0.6) is 0 Å². The molecule has 0 aliphatic heterocycles. The number of esters is 1. The third-order valence-corrected chi connectivity index (χ3v) is 11.8. The van der Waals surface area contributed by atoms with Crippen molar-refractivity contribution in [3.05, 3.63) is 82.6 Å². The number of ether oxygens (including phenoxy) is 1. The molecule has 0 unspecified atom stereocenters. The lowest BCUT2D eigenvalue weighted by Crippen LogP contribution is -2.21. The van der Waals surface area contributed by atoms with Gasteiger partial charge < -0.3 is 4.74 Å². The van der Waals surface area contributed by atoms with Crippen molar-refractivity contribution in [2.24, 2.45) is 0 Å². The Morgan fingerprint density at radius 2 is 1.46 bits per heavy atom. The lowest BCUT2D eigenvalue weighted by Gasteiger charge is -2.13. The number of aryl methyl sites for hydroxylation is 1. The average molecular weight is 649 g/mol. The number of carbonyl (C=O) groups is 2. The molecule has 3 aromatic heterocycles. The fraction of sp³-hybridized carbons (Fsp3) is 0.0800. The van der Waals surface area contributed by atoms with Gasteiger partial charge in [-0.25, -0.2) is 26.6 Å². The predicted octanol–water partition coefficient (Wildman–Crippen LogP) is 5.12. The number of hydrogen-bond acceptors (Lipinski definition) is 11. The zero-order valence-electron chi connectivity index (χ0n) is 21.0. The Balaban J connectivity index is 1.34. The summed E-state index contributed by atoms with van der Waals surface area (Å²) in [5, 5.41) is 6.09. The standard InChI is InChI=1S/C25H20N4O7S5/c1-15-6-7-19-20(10-15)39-25(26-19)27-21(30)14-36-24(31)16-11-17(28-40(32,33)22-4-2-8-37-22)13-18(12-16)29-41(34,35)23-5-3-9-38-23/h2-13,28-29H,14H2,1H3,(H,26,27,30). The molecule has 0 bridgehead atoms. The minimum absolute atomic E-state index is 0.0212. The number of aromatic nitrogens is 1. The Hall–Kier alpha value is -3.83. The number of fused-ring (bicyclic) bond motifs is 1. The van der Waals surface area contributed by atoms with E-state index in [4.69, 9.17) is 4.74 Å². The van der Waals surface area contributed by atoms with Gasteiger partial charge >= 0.3 is 5.97 Å². The van der Waals surface area contributed by atoms with Gasteiger partial charge in [0.2, 0.25) is 0 Å². The number of thiazole rings is 1. The van der Waals surface area contributed by atoms with Crippen molar-refractivity contribution < 1.29 is 31.2 Å². The lowest BCUT2D eigenvalue weighted by molar-refractivity contribution is -0.119. The number of hydrogen-bond donors (Lipinski definition) is 3. The maximum Gasteiger partial charge on any atom is 0.338 e. The molecule has 0 saturated heterocycles. The van der Waals surface area contributed by atoms with E-state index >= 15 is 0 Å². The second-order valence-corrected chi connectivity index (χ2v) is 15.2. The Morgan fingerprint density at radius 1 is 0.854 bits per heavy atom. The van der Waals surface area contributed by atoms with Crippen LogP contribution in [0.3, 0.4) is 0 Å². The fourth-order valence-electron chi connectivity index (χ4n) is 3.56. The molecule has 2 aromatic carbocycles. The average Bonchev–Trinajstić information content (AvgIpc) is 3.68. The van der Waals surface area contributed by atoms with Crippen molar-refractivity contribution in [1.82, 2.24) is 4.98 Å². The number of thiophene rings is 2. The minimum Gasteiger partial charge on any atom is -0.452 e. The number of benzene rings is 2. The van der Waals surface area contributed by atoms with E-state index in [9.17, 15) is 26.4 Å². The van der Waals surface area contributed by atoms with Crippen molar-refractivity contribution in [2.45, 2.75) is 15.3 Å². The highest BCUT2D eigenvalue weighted by atomic mass is 32.3. The molecule has 0 aliphatic rings. The van der Waals surface area contributed by atoms with Gasteiger partial charge in [0.05, 0.1) is 27.2 Å². The van der Waals surface area contributed by atoms with Crippen molar-refractivity contribution in [3.63, 3.8) is 0 Å². The van der Waals surface area contributed by atoms with Gasteiger partial charge in [-0.2, -0.15) is 0 Å². The van der Waals surface area contributed by atoms with Crippen LogP contribution in [0.25, 0.3) is 10.2 Å². The van der Waals surface area contributed by atoms with Crippen LogP contribution >= 0.6 is 34.0 Å². The first kappa shape index (κ1) is 28.7. The molecular formula is C25H20N4O7S5. The quantitative estimate of drug-likeness (QED) is 0.176. The summed E-state index contributed by atoms with van der Waals surface area (Å²) in [6, 6.07) is 15.2. The maximum atomic E-state index is 12.9. The van der Waals surface area contributed by atoms with E-state index in [0.29, 0.717) is 10.6 Å². The largest absolute Gasteiger partial charge is 0.452 e. The summed E-state index contributed by atoms with van der Waals surface area (Å²) < 4.78 is 61.9. The SMILES string of the molecule is Cc1ccc2nc(NC(=O)COC(=O)c3cc(NS(=O)(=O)c4cccs4)cc(NS(=O)(=O)c4cccs4)c3)sc2c1. The van der Waals surface area contributed by atoms with Crippen LogP contribution in [0, 0.1) is 6.92 Å². The van der Waals surface area contributed by atoms with Crippen LogP contribution in [-0.4, -0.2) is 40.3 Å². The van der Waals surface area contributed by atoms with Crippen molar-refractivity contribution >= 4 is 92.7 Å². The summed E-state index contributed by atoms with van der Waals surface area (Å²) in [6.45, 7) is 1.28. The van der Waals surface area contributed by atoms with Crippen molar-refractivity contribution in [2.75, 3.05) is 21.4 Å². The molecule has 5 aromatic rings. The molecule has 11 nitrogen and oxygen atoms in total. The van der Waals surface area contributed by atoms with Gasteiger partial charge in [-0.1, -0.05) is 29.5 Å². The maximum absolute atomic E-state index is 12.9. The van der Waals surface area contributed by atoms with E-state index in [0.717, 1.165) is 32.9 Å². The molecule has 0 aliphatic carbocycles. The normalized spacial score (nSPS) is 11.7. The summed E-state index contributed by atoms with van der Waals surface area (Å²) in [6.07, 6.45) is 0. The van der Waals surface area contributed by atoms with E-state index in [1.54, 1.807) is 22.9 Å². The molecule has 0 radical (unpaired) electrons. The minimum atomic E-state index is -4.02. The molecule has 0 spiro atoms. The molecule has 212 valence electrons. The van der Waals surface area contributed by atoms with Crippen LogP contribution in [0.1, 0.15) is 15.9 Å². The van der Waals surface area contributed by atoms with Gasteiger partial charge in [-0.05, 0) is 65.7 Å². The Morgan fingerprint density at radius 3 is 2.02 bits per heavy atom. The third kappa shape index (κ3) is 6.91. The highest BCUT2D eigenvalue weighted by Crippen LogP contribution is 2.28. The van der Waals surface area contributed by atoms with Gasteiger partial charge in [0, 0.05) is 0 Å². The second kappa shape index (κ2) is 11.6. The van der Waals surface area contributed by atoms with Gasteiger partial charge in [0.1, 0.15) is 8.42 Å². The molecule has 3 N–H and O–H groups in total. The Bertz CT molecular complexity index is 1870. The molecule has 0 atom stereocenters. The molecule has 1 amide bonds. The topological polar surface area (TPSA) is 161 Å². The Kier molecular flexibility index (Phi) is 8.10. The van der Waals surface area contributed by atoms with Crippen LogP contribution < -0.4 is 14.8 Å².